The van der Waals surface area contributed by atoms with Gasteiger partial charge in [0.25, 0.3) is 0 Å². The molecule has 0 saturated carbocycles. The lowest BCUT2D eigenvalue weighted by Crippen LogP contribution is -2.56. The lowest BCUT2D eigenvalue weighted by atomic mass is 10.1. The van der Waals surface area contributed by atoms with Crippen molar-refractivity contribution >= 4 is 11.9 Å². The molecule has 0 spiro atoms. The van der Waals surface area contributed by atoms with E-state index < -0.39 is 5.60 Å². The lowest BCUT2D eigenvalue weighted by Gasteiger charge is -2.41. The van der Waals surface area contributed by atoms with Gasteiger partial charge in [0.15, 0.2) is 0 Å². The molecular weight excluding hydrogens is 292 g/mol. The average Bonchev–Trinajstić information content (AvgIpc) is 2.75. The van der Waals surface area contributed by atoms with E-state index >= 15 is 0 Å². The summed E-state index contributed by atoms with van der Waals surface area (Å²) < 4.78 is 5.49. The Morgan fingerprint density at radius 1 is 1.30 bits per heavy atom. The van der Waals surface area contributed by atoms with Crippen molar-refractivity contribution in [2.24, 2.45) is 0 Å². The number of rotatable bonds is 1. The molecule has 3 heterocycles. The van der Waals surface area contributed by atoms with E-state index in [-0.39, 0.29) is 18.2 Å². The summed E-state index contributed by atoms with van der Waals surface area (Å²) in [6, 6.07) is 6.31. The normalized spacial score (nSPS) is 23.6. The number of hydrogen-bond acceptors (Lipinski definition) is 5. The first-order valence-electron chi connectivity index (χ1n) is 8.00. The van der Waals surface area contributed by atoms with Crippen LogP contribution in [0, 0.1) is 11.3 Å². The van der Waals surface area contributed by atoms with Crippen LogP contribution in [-0.4, -0.2) is 46.8 Å². The monoisotopic (exact) mass is 314 g/mol. The minimum Gasteiger partial charge on any atom is -0.444 e. The number of carbonyl (C=O) groups excluding carboxylic acids is 1. The van der Waals surface area contributed by atoms with Gasteiger partial charge >= 0.3 is 6.09 Å². The highest BCUT2D eigenvalue weighted by Crippen LogP contribution is 2.34. The summed E-state index contributed by atoms with van der Waals surface area (Å²) in [4.78, 5) is 20.8. The van der Waals surface area contributed by atoms with Crippen LogP contribution in [0.15, 0.2) is 18.3 Å². The number of nitriles is 1. The van der Waals surface area contributed by atoms with Crippen LogP contribution in [0.3, 0.4) is 0 Å². The van der Waals surface area contributed by atoms with E-state index in [2.05, 4.69) is 16.0 Å². The molecule has 2 unspecified atom stereocenters. The van der Waals surface area contributed by atoms with E-state index in [9.17, 15) is 4.79 Å². The molecule has 0 radical (unpaired) electrons. The molecule has 2 saturated heterocycles. The van der Waals surface area contributed by atoms with Gasteiger partial charge in [0.1, 0.15) is 17.5 Å². The van der Waals surface area contributed by atoms with E-state index in [4.69, 9.17) is 10.00 Å². The molecule has 2 bridgehead atoms. The fraction of sp³-hybridized carbons (Fsp3) is 0.588. The Morgan fingerprint density at radius 2 is 1.96 bits per heavy atom. The van der Waals surface area contributed by atoms with Gasteiger partial charge in [-0.1, -0.05) is 0 Å². The number of hydrogen-bond donors (Lipinski definition) is 0. The van der Waals surface area contributed by atoms with Crippen molar-refractivity contribution in [3.05, 3.63) is 23.9 Å². The quantitative estimate of drug-likeness (QED) is 0.796. The Balaban J connectivity index is 1.72. The largest absolute Gasteiger partial charge is 0.444 e. The first kappa shape index (κ1) is 15.6. The Labute approximate surface area is 136 Å². The fourth-order valence-electron chi connectivity index (χ4n) is 3.36. The van der Waals surface area contributed by atoms with Crippen LogP contribution in [-0.2, 0) is 4.74 Å². The second kappa shape index (κ2) is 5.73. The molecule has 6 nitrogen and oxygen atoms in total. The minimum absolute atomic E-state index is 0.234. The Kier molecular flexibility index (Phi) is 3.88. The summed E-state index contributed by atoms with van der Waals surface area (Å²) in [5.41, 5.74) is 0.0931. The summed E-state index contributed by atoms with van der Waals surface area (Å²) in [6.45, 7) is 6.98. The van der Waals surface area contributed by atoms with Crippen LogP contribution in [0.2, 0.25) is 0 Å². The smallest absolute Gasteiger partial charge is 0.410 e. The molecule has 23 heavy (non-hydrogen) atoms. The molecule has 2 aliphatic rings. The molecular formula is C17H22N4O2. The van der Waals surface area contributed by atoms with Gasteiger partial charge in [-0.15, -0.1) is 0 Å². The van der Waals surface area contributed by atoms with Gasteiger partial charge in [-0.05, 0) is 45.7 Å². The van der Waals surface area contributed by atoms with Crippen LogP contribution < -0.4 is 4.90 Å². The number of carbonyl (C=O) groups is 1. The van der Waals surface area contributed by atoms with Gasteiger partial charge in [0.05, 0.1) is 5.56 Å². The van der Waals surface area contributed by atoms with E-state index in [0.717, 1.165) is 18.7 Å². The van der Waals surface area contributed by atoms with Crippen molar-refractivity contribution in [3.63, 3.8) is 0 Å². The number of fused-ring (bicyclic) bond motifs is 2. The van der Waals surface area contributed by atoms with Crippen molar-refractivity contribution in [2.75, 3.05) is 18.0 Å². The van der Waals surface area contributed by atoms with E-state index in [1.165, 1.54) is 0 Å². The third-order valence-corrected chi connectivity index (χ3v) is 4.28. The molecule has 2 aliphatic heterocycles. The number of aromatic nitrogens is 1. The van der Waals surface area contributed by atoms with Gasteiger partial charge in [0, 0.05) is 31.4 Å². The number of nitrogens with zero attached hydrogens (tertiary/aromatic N) is 4. The zero-order valence-electron chi connectivity index (χ0n) is 13.8. The van der Waals surface area contributed by atoms with Gasteiger partial charge in [-0.25, -0.2) is 9.78 Å². The zero-order chi connectivity index (χ0) is 16.6. The second-order valence-corrected chi connectivity index (χ2v) is 7.19. The van der Waals surface area contributed by atoms with Crippen LogP contribution in [0.1, 0.15) is 39.2 Å². The molecule has 1 aromatic rings. The summed E-state index contributed by atoms with van der Waals surface area (Å²) in [7, 11) is 0. The summed E-state index contributed by atoms with van der Waals surface area (Å²) in [5, 5.41) is 8.88. The fourth-order valence-corrected chi connectivity index (χ4v) is 3.36. The highest BCUT2D eigenvalue weighted by atomic mass is 16.6. The maximum atomic E-state index is 12.3. The minimum atomic E-state index is -0.470. The zero-order valence-corrected chi connectivity index (χ0v) is 13.8. The van der Waals surface area contributed by atoms with Crippen molar-refractivity contribution in [2.45, 2.75) is 51.3 Å². The summed E-state index contributed by atoms with van der Waals surface area (Å²) >= 11 is 0. The molecule has 2 atom stereocenters. The number of likely N-dealkylation sites (tertiary alicyclic amines) is 1. The topological polar surface area (TPSA) is 69.5 Å². The lowest BCUT2D eigenvalue weighted by molar-refractivity contribution is 0.0209. The van der Waals surface area contributed by atoms with Crippen molar-refractivity contribution < 1.29 is 9.53 Å². The Hall–Kier alpha value is -2.29. The van der Waals surface area contributed by atoms with Crippen LogP contribution in [0.4, 0.5) is 10.6 Å². The molecule has 1 amide bonds. The Morgan fingerprint density at radius 3 is 2.43 bits per heavy atom. The van der Waals surface area contributed by atoms with Crippen molar-refractivity contribution in [3.8, 4) is 6.07 Å². The molecule has 2 fully saturated rings. The van der Waals surface area contributed by atoms with Gasteiger partial charge in [0.2, 0.25) is 0 Å². The maximum Gasteiger partial charge on any atom is 0.410 e. The number of anilines is 1. The van der Waals surface area contributed by atoms with Gasteiger partial charge < -0.3 is 14.5 Å². The van der Waals surface area contributed by atoms with E-state index in [0.29, 0.717) is 18.7 Å². The van der Waals surface area contributed by atoms with Crippen molar-refractivity contribution in [1.29, 1.82) is 5.26 Å². The maximum absolute atomic E-state index is 12.3. The molecule has 6 heteroatoms. The first-order valence-corrected chi connectivity index (χ1v) is 8.00. The number of pyridine rings is 1. The van der Waals surface area contributed by atoms with E-state index in [1.54, 1.807) is 12.3 Å². The number of piperazine rings is 1. The molecule has 122 valence electrons. The van der Waals surface area contributed by atoms with Gasteiger partial charge in [-0.2, -0.15) is 5.26 Å². The van der Waals surface area contributed by atoms with Crippen LogP contribution >= 0.6 is 0 Å². The van der Waals surface area contributed by atoms with E-state index in [1.807, 2.05) is 31.7 Å². The number of ether oxygens (including phenoxy) is 1. The average molecular weight is 314 g/mol. The first-order chi connectivity index (χ1) is 10.9. The molecule has 3 rings (SSSR count). The molecule has 1 aromatic heterocycles. The second-order valence-electron chi connectivity index (χ2n) is 7.19. The standard InChI is InChI=1S/C17H22N4O2/c1-17(2,3)23-16(22)20-10-13-5-6-14(11-20)21(13)15-7-4-12(8-18)9-19-15/h4,7,9,13-14H,5-6,10-11H2,1-3H3. The highest BCUT2D eigenvalue weighted by molar-refractivity contribution is 5.69. The van der Waals surface area contributed by atoms with Crippen LogP contribution in [0.5, 0.6) is 0 Å². The van der Waals surface area contributed by atoms with Crippen molar-refractivity contribution in [1.82, 2.24) is 9.88 Å². The predicted molar refractivity (Wildman–Crippen MR) is 86.0 cm³/mol. The SMILES string of the molecule is CC(C)(C)OC(=O)N1CC2CCC(C1)N2c1ccc(C#N)cn1. The van der Waals surface area contributed by atoms with Gasteiger partial charge in [-0.3, -0.25) is 0 Å². The molecule has 0 aromatic carbocycles. The summed E-state index contributed by atoms with van der Waals surface area (Å²) in [5.74, 6) is 0.889. The molecule has 0 N–H and O–H groups in total. The number of amides is 1. The Bertz CT molecular complexity index is 615. The highest BCUT2D eigenvalue weighted by Gasteiger charge is 2.42. The third-order valence-electron chi connectivity index (χ3n) is 4.28. The summed E-state index contributed by atoms with van der Waals surface area (Å²) in [6.07, 6.45) is 3.47. The third kappa shape index (κ3) is 3.24. The molecule has 0 aliphatic carbocycles. The van der Waals surface area contributed by atoms with Crippen LogP contribution in [0.25, 0.3) is 0 Å². The predicted octanol–water partition coefficient (Wildman–Crippen LogP) is 2.54.